The van der Waals surface area contributed by atoms with E-state index in [1.54, 1.807) is 9.58 Å². The van der Waals surface area contributed by atoms with Gasteiger partial charge in [0.1, 0.15) is 19.2 Å². The predicted molar refractivity (Wildman–Crippen MR) is 181 cm³/mol. The molecule has 3 aliphatic heterocycles. The van der Waals surface area contributed by atoms with Crippen LogP contribution < -0.4 is 19.9 Å². The lowest BCUT2D eigenvalue weighted by Crippen LogP contribution is -2.51. The van der Waals surface area contributed by atoms with Crippen molar-refractivity contribution in [1.29, 1.82) is 5.26 Å². The van der Waals surface area contributed by atoms with Crippen LogP contribution in [0.25, 0.3) is 10.9 Å². The third-order valence-electron chi connectivity index (χ3n) is 9.62. The van der Waals surface area contributed by atoms with Crippen molar-refractivity contribution in [1.82, 2.24) is 30.0 Å². The van der Waals surface area contributed by atoms with Gasteiger partial charge >= 0.3 is 12.2 Å². The number of anilines is 2. The molecule has 0 amide bonds. The van der Waals surface area contributed by atoms with Crippen LogP contribution in [0.4, 0.5) is 24.7 Å². The number of likely N-dealkylation sites (tertiary alicyclic amines) is 1. The van der Waals surface area contributed by atoms with Gasteiger partial charge in [-0.05, 0) is 51.0 Å². The van der Waals surface area contributed by atoms with Gasteiger partial charge in [-0.1, -0.05) is 19.6 Å². The molecule has 1 aromatic carbocycles. The number of halogens is 3. The number of fused-ring (bicyclic) bond motifs is 2. The predicted octanol–water partition coefficient (Wildman–Crippen LogP) is 4.88. The Hall–Kier alpha value is -3.45. The summed E-state index contributed by atoms with van der Waals surface area (Å²) in [5.74, 6) is 0.747. The number of ether oxygens (including phenoxy) is 2. The number of rotatable bonds is 11. The molecule has 3 aliphatic rings. The van der Waals surface area contributed by atoms with E-state index in [0.29, 0.717) is 68.8 Å². The Morgan fingerprint density at radius 1 is 1.12 bits per heavy atom. The van der Waals surface area contributed by atoms with Crippen LogP contribution in [-0.2, 0) is 30.6 Å². The maximum Gasteiger partial charge on any atom is 0.418 e. The summed E-state index contributed by atoms with van der Waals surface area (Å²) in [6.07, 6.45) is -0.0802. The van der Waals surface area contributed by atoms with Crippen molar-refractivity contribution < 1.29 is 22.6 Å². The Labute approximate surface area is 281 Å². The zero-order chi connectivity index (χ0) is 34.1. The topological polar surface area (TPSA) is 108 Å². The Kier molecular flexibility index (Phi) is 10.2. The second-order valence-electron chi connectivity index (χ2n) is 14.4. The van der Waals surface area contributed by atoms with E-state index < -0.39 is 19.8 Å². The minimum Gasteiger partial charge on any atom is -0.462 e. The number of hydrogen-bond acceptors (Lipinski definition) is 10. The van der Waals surface area contributed by atoms with Crippen LogP contribution in [0.15, 0.2) is 18.3 Å². The van der Waals surface area contributed by atoms with Crippen LogP contribution in [0.3, 0.4) is 0 Å². The fraction of sp³-hybridized carbons (Fsp3) is 0.636. The van der Waals surface area contributed by atoms with Gasteiger partial charge in [0.15, 0.2) is 0 Å². The van der Waals surface area contributed by atoms with Gasteiger partial charge in [-0.2, -0.15) is 33.5 Å². The summed E-state index contributed by atoms with van der Waals surface area (Å²) in [6.45, 7) is 11.5. The Bertz CT molecular complexity index is 1640. The van der Waals surface area contributed by atoms with Crippen LogP contribution in [0, 0.1) is 11.3 Å². The zero-order valence-corrected chi connectivity index (χ0v) is 29.3. The molecule has 5 heterocycles. The standard InChI is InChI=1S/C33H46F3N9O2Si/c1-42-13-5-6-24(42)21-47-32-40-28-20-43(14-10-25(28)31(41-32)44-15-12-38-23(19-44)9-11-37)30-26-18-39-45(22-46-16-17-48(2,3)4)29(26)8-7-27(30)33(34,35)36/h7-8,18,23-24,38H,5-6,9-10,12-17,19-22H2,1-4H3/t23?,24-/m1/s1. The average molecular weight is 686 g/mol. The number of likely N-dealkylation sites (N-methyl/N-ethyl adjacent to an activating group) is 1. The number of hydrogen-bond donors (Lipinski definition) is 1. The zero-order valence-electron chi connectivity index (χ0n) is 28.3. The number of piperazine rings is 1. The highest BCUT2D eigenvalue weighted by atomic mass is 28.3. The van der Waals surface area contributed by atoms with Crippen molar-refractivity contribution >= 4 is 30.5 Å². The lowest BCUT2D eigenvalue weighted by atomic mass is 10.0. The first-order chi connectivity index (χ1) is 22.9. The first kappa shape index (κ1) is 34.4. The molecule has 0 aliphatic carbocycles. The molecule has 0 bridgehead atoms. The van der Waals surface area contributed by atoms with Gasteiger partial charge in [0.25, 0.3) is 0 Å². The van der Waals surface area contributed by atoms with Crippen LogP contribution in [-0.4, -0.2) is 97.8 Å². The molecule has 3 aromatic rings. The SMILES string of the molecule is CN1CCC[C@@H]1COc1nc2c(c(N3CCNC(CC#N)C3)n1)CCN(c1c(C(F)(F)F)ccc3c1cnn3COCC[Si](C)(C)C)C2. The summed E-state index contributed by atoms with van der Waals surface area (Å²) >= 11 is 0. The summed E-state index contributed by atoms with van der Waals surface area (Å²) in [4.78, 5) is 15.9. The smallest absolute Gasteiger partial charge is 0.418 e. The molecule has 15 heteroatoms. The third kappa shape index (κ3) is 7.72. The molecular weight excluding hydrogens is 640 g/mol. The average Bonchev–Trinajstić information content (AvgIpc) is 3.65. The Morgan fingerprint density at radius 3 is 2.69 bits per heavy atom. The van der Waals surface area contributed by atoms with E-state index in [0.717, 1.165) is 42.9 Å². The molecular formula is C33H46F3N9O2Si. The van der Waals surface area contributed by atoms with Gasteiger partial charge in [-0.15, -0.1) is 0 Å². The first-order valence-corrected chi connectivity index (χ1v) is 20.6. The van der Waals surface area contributed by atoms with Crippen molar-refractivity contribution in [3.63, 3.8) is 0 Å². The molecule has 2 atom stereocenters. The number of nitrogens with one attached hydrogen (secondary N) is 1. The summed E-state index contributed by atoms with van der Waals surface area (Å²) in [6, 6.07) is 6.37. The van der Waals surface area contributed by atoms with E-state index in [9.17, 15) is 18.4 Å². The number of nitriles is 1. The molecule has 0 spiro atoms. The van der Waals surface area contributed by atoms with E-state index in [1.165, 1.54) is 12.3 Å². The van der Waals surface area contributed by atoms with Crippen LogP contribution >= 0.6 is 0 Å². The van der Waals surface area contributed by atoms with Gasteiger partial charge in [-0.25, -0.2) is 4.68 Å². The van der Waals surface area contributed by atoms with Crippen molar-refractivity contribution in [3.05, 3.63) is 35.2 Å². The van der Waals surface area contributed by atoms with Crippen molar-refractivity contribution in [2.75, 3.05) is 62.8 Å². The van der Waals surface area contributed by atoms with Gasteiger partial charge < -0.3 is 29.5 Å². The maximum absolute atomic E-state index is 14.6. The second kappa shape index (κ2) is 14.2. The first-order valence-electron chi connectivity index (χ1n) is 16.9. The van der Waals surface area contributed by atoms with Gasteiger partial charge in [0, 0.05) is 63.9 Å². The van der Waals surface area contributed by atoms with Crippen molar-refractivity contribution in [2.24, 2.45) is 0 Å². The highest BCUT2D eigenvalue weighted by Gasteiger charge is 2.38. The lowest BCUT2D eigenvalue weighted by molar-refractivity contribution is -0.137. The molecule has 11 nitrogen and oxygen atoms in total. The molecule has 260 valence electrons. The van der Waals surface area contributed by atoms with E-state index in [2.05, 4.69) is 53.0 Å². The minimum absolute atomic E-state index is 0.00559. The molecule has 2 fully saturated rings. The van der Waals surface area contributed by atoms with Crippen molar-refractivity contribution in [2.45, 2.75) is 82.9 Å². The highest BCUT2D eigenvalue weighted by Crippen LogP contribution is 2.43. The molecule has 1 N–H and O–H groups in total. The third-order valence-corrected chi connectivity index (χ3v) is 11.3. The van der Waals surface area contributed by atoms with Gasteiger partial charge in [-0.3, -0.25) is 0 Å². The number of aromatic nitrogens is 4. The normalized spacial score (nSPS) is 20.7. The number of benzene rings is 1. The number of alkyl halides is 3. The highest BCUT2D eigenvalue weighted by molar-refractivity contribution is 6.76. The van der Waals surface area contributed by atoms with Crippen LogP contribution in [0.1, 0.15) is 36.1 Å². The second-order valence-corrected chi connectivity index (χ2v) is 20.0. The van der Waals surface area contributed by atoms with E-state index in [-0.39, 0.29) is 37.1 Å². The largest absolute Gasteiger partial charge is 0.462 e. The summed E-state index contributed by atoms with van der Waals surface area (Å²) in [5.41, 5.74) is 1.57. The molecule has 48 heavy (non-hydrogen) atoms. The van der Waals surface area contributed by atoms with Crippen LogP contribution in [0.5, 0.6) is 6.01 Å². The minimum atomic E-state index is -4.56. The van der Waals surface area contributed by atoms with E-state index in [4.69, 9.17) is 19.4 Å². The fourth-order valence-corrected chi connectivity index (χ4v) is 7.63. The Morgan fingerprint density at radius 2 is 1.96 bits per heavy atom. The molecule has 0 radical (unpaired) electrons. The lowest BCUT2D eigenvalue weighted by Gasteiger charge is -2.38. The summed E-state index contributed by atoms with van der Waals surface area (Å²) in [7, 11) is 0.787. The number of nitrogens with zero attached hydrogens (tertiary/aromatic N) is 8. The quantitative estimate of drug-likeness (QED) is 0.222. The fourth-order valence-electron chi connectivity index (χ4n) is 6.87. The molecule has 6 rings (SSSR count). The molecule has 1 unspecified atom stereocenters. The summed E-state index contributed by atoms with van der Waals surface area (Å²) < 4.78 is 57.5. The summed E-state index contributed by atoms with van der Waals surface area (Å²) in [5, 5.41) is 17.6. The van der Waals surface area contributed by atoms with Gasteiger partial charge in [0.2, 0.25) is 0 Å². The van der Waals surface area contributed by atoms with Gasteiger partial charge in [0.05, 0.1) is 47.7 Å². The monoisotopic (exact) mass is 685 g/mol. The molecule has 2 saturated heterocycles. The Balaban J connectivity index is 1.33. The molecule has 0 saturated carbocycles. The van der Waals surface area contributed by atoms with Crippen molar-refractivity contribution in [3.8, 4) is 12.1 Å². The van der Waals surface area contributed by atoms with Crippen LogP contribution in [0.2, 0.25) is 25.7 Å². The molecule has 2 aromatic heterocycles. The van der Waals surface area contributed by atoms with E-state index in [1.807, 2.05) is 0 Å². The van der Waals surface area contributed by atoms with E-state index >= 15 is 0 Å². The maximum atomic E-state index is 14.6.